The number of aromatic nitrogens is 2. The van der Waals surface area contributed by atoms with Gasteiger partial charge in [0.15, 0.2) is 0 Å². The number of carboxylic acid groups (broad SMARTS) is 1. The van der Waals surface area contributed by atoms with E-state index >= 15 is 0 Å². The van der Waals surface area contributed by atoms with Gasteiger partial charge in [-0.2, -0.15) is 18.4 Å². The van der Waals surface area contributed by atoms with Gasteiger partial charge in [-0.1, -0.05) is 6.07 Å². The molecule has 4 rings (SSSR count). The van der Waals surface area contributed by atoms with Crippen LogP contribution >= 0.6 is 0 Å². The summed E-state index contributed by atoms with van der Waals surface area (Å²) in [6.07, 6.45) is -0.338. The van der Waals surface area contributed by atoms with Crippen molar-refractivity contribution in [3.8, 4) is 6.07 Å². The highest BCUT2D eigenvalue weighted by Gasteiger charge is 2.47. The van der Waals surface area contributed by atoms with Gasteiger partial charge in [-0.05, 0) is 24.6 Å². The van der Waals surface area contributed by atoms with Crippen molar-refractivity contribution in [1.82, 2.24) is 14.9 Å². The molecule has 2 aliphatic rings. The SMILES string of the molecule is N#Cc1cccc(NC2COC3(CCN(C(=O)c4cnc[nH]4)C3)C2)c1.O=C(O)C(F)(F)F. The molecule has 1 spiro atoms. The monoisotopic (exact) mass is 451 g/mol. The van der Waals surface area contributed by atoms with Crippen LogP contribution < -0.4 is 5.32 Å². The van der Waals surface area contributed by atoms with Gasteiger partial charge in [0.2, 0.25) is 0 Å². The number of imidazole rings is 1. The fourth-order valence-electron chi connectivity index (χ4n) is 3.70. The lowest BCUT2D eigenvalue weighted by molar-refractivity contribution is -0.192. The minimum atomic E-state index is -5.08. The number of halogens is 3. The molecule has 0 radical (unpaired) electrons. The second-order valence-corrected chi connectivity index (χ2v) is 7.48. The van der Waals surface area contributed by atoms with Crippen molar-refractivity contribution in [2.75, 3.05) is 25.0 Å². The number of anilines is 1. The van der Waals surface area contributed by atoms with E-state index in [1.807, 2.05) is 23.1 Å². The van der Waals surface area contributed by atoms with Crippen LogP contribution in [0, 0.1) is 11.3 Å². The molecule has 1 aromatic carbocycles. The zero-order chi connectivity index (χ0) is 23.4. The number of aliphatic carboxylic acids is 1. The highest BCUT2D eigenvalue weighted by atomic mass is 19.4. The summed E-state index contributed by atoms with van der Waals surface area (Å²) >= 11 is 0. The number of nitrogens with zero attached hydrogens (tertiary/aromatic N) is 3. The molecule has 0 aliphatic carbocycles. The summed E-state index contributed by atoms with van der Waals surface area (Å²) in [5.41, 5.74) is 1.79. The van der Waals surface area contributed by atoms with Gasteiger partial charge in [-0.25, -0.2) is 9.78 Å². The Morgan fingerprint density at radius 1 is 1.41 bits per heavy atom. The van der Waals surface area contributed by atoms with Crippen LogP contribution in [-0.2, 0) is 9.53 Å². The van der Waals surface area contributed by atoms with Crippen LogP contribution in [0.1, 0.15) is 28.9 Å². The molecule has 32 heavy (non-hydrogen) atoms. The second kappa shape index (κ2) is 9.27. The Morgan fingerprint density at radius 3 is 2.78 bits per heavy atom. The minimum Gasteiger partial charge on any atom is -0.475 e. The molecule has 2 atom stereocenters. The highest BCUT2D eigenvalue weighted by molar-refractivity contribution is 5.92. The first-order valence-corrected chi connectivity index (χ1v) is 9.60. The summed E-state index contributed by atoms with van der Waals surface area (Å²) in [5.74, 6) is -2.79. The Kier molecular flexibility index (Phi) is 6.69. The van der Waals surface area contributed by atoms with E-state index in [0.29, 0.717) is 31.0 Å². The van der Waals surface area contributed by atoms with E-state index in [4.69, 9.17) is 19.9 Å². The lowest BCUT2D eigenvalue weighted by atomic mass is 9.97. The number of nitriles is 1. The number of amides is 1. The number of carbonyl (C=O) groups excluding carboxylic acids is 1. The summed E-state index contributed by atoms with van der Waals surface area (Å²) in [7, 11) is 0. The van der Waals surface area contributed by atoms with Crippen LogP contribution in [0.4, 0.5) is 18.9 Å². The number of likely N-dealkylation sites (tertiary alicyclic amines) is 1. The van der Waals surface area contributed by atoms with Gasteiger partial charge in [-0.15, -0.1) is 0 Å². The molecule has 9 nitrogen and oxygen atoms in total. The highest BCUT2D eigenvalue weighted by Crippen LogP contribution is 2.36. The van der Waals surface area contributed by atoms with Crippen LogP contribution in [0.3, 0.4) is 0 Å². The van der Waals surface area contributed by atoms with Crippen molar-refractivity contribution in [1.29, 1.82) is 5.26 Å². The number of nitrogens with one attached hydrogen (secondary N) is 2. The van der Waals surface area contributed by atoms with Gasteiger partial charge in [0, 0.05) is 18.7 Å². The summed E-state index contributed by atoms with van der Waals surface area (Å²) in [5, 5.41) is 19.6. The Hall–Kier alpha value is -3.59. The zero-order valence-corrected chi connectivity index (χ0v) is 16.7. The van der Waals surface area contributed by atoms with Crippen LogP contribution in [0.2, 0.25) is 0 Å². The second-order valence-electron chi connectivity index (χ2n) is 7.48. The standard InChI is InChI=1S/C18H19N5O2.C2HF3O2/c19-8-13-2-1-3-14(6-13)22-15-7-18(25-10-15)4-5-23(11-18)17(24)16-9-20-12-21-16;3-2(4,5)1(6)7/h1-3,6,9,12,15,22H,4-5,7,10-11H2,(H,20,21);(H,6,7). The predicted octanol–water partition coefficient (Wildman–Crippen LogP) is 2.40. The summed E-state index contributed by atoms with van der Waals surface area (Å²) in [4.78, 5) is 29.9. The fraction of sp³-hybridized carbons (Fsp3) is 0.400. The number of ether oxygens (including phenoxy) is 1. The number of carboxylic acids is 1. The molecule has 1 aromatic heterocycles. The van der Waals surface area contributed by atoms with E-state index in [-0.39, 0.29) is 17.6 Å². The Balaban J connectivity index is 0.000000360. The molecule has 0 bridgehead atoms. The van der Waals surface area contributed by atoms with E-state index < -0.39 is 12.1 Å². The number of aromatic amines is 1. The smallest absolute Gasteiger partial charge is 0.475 e. The van der Waals surface area contributed by atoms with Crippen molar-refractivity contribution in [3.63, 3.8) is 0 Å². The van der Waals surface area contributed by atoms with Crippen LogP contribution in [-0.4, -0.2) is 69.4 Å². The van der Waals surface area contributed by atoms with E-state index in [2.05, 4.69) is 21.4 Å². The molecule has 12 heteroatoms. The first-order chi connectivity index (χ1) is 15.1. The number of hydrogen-bond acceptors (Lipinski definition) is 6. The lowest BCUT2D eigenvalue weighted by Crippen LogP contribution is -2.36. The number of H-pyrrole nitrogens is 1. The largest absolute Gasteiger partial charge is 0.490 e. The third-order valence-electron chi connectivity index (χ3n) is 5.15. The third kappa shape index (κ3) is 5.55. The van der Waals surface area contributed by atoms with Gasteiger partial charge < -0.3 is 25.0 Å². The maximum absolute atomic E-state index is 12.4. The number of benzene rings is 1. The number of hydrogen-bond donors (Lipinski definition) is 3. The van der Waals surface area contributed by atoms with Gasteiger partial charge in [0.25, 0.3) is 5.91 Å². The molecular weight excluding hydrogens is 431 g/mol. The fourth-order valence-corrected chi connectivity index (χ4v) is 3.70. The van der Waals surface area contributed by atoms with Crippen molar-refractivity contribution in [3.05, 3.63) is 48.0 Å². The molecule has 170 valence electrons. The van der Waals surface area contributed by atoms with Gasteiger partial charge >= 0.3 is 12.1 Å². The van der Waals surface area contributed by atoms with E-state index in [9.17, 15) is 18.0 Å². The minimum absolute atomic E-state index is 0.0314. The molecule has 2 fully saturated rings. The summed E-state index contributed by atoms with van der Waals surface area (Å²) in [6, 6.07) is 9.77. The summed E-state index contributed by atoms with van der Waals surface area (Å²) < 4.78 is 37.8. The molecule has 2 aromatic rings. The van der Waals surface area contributed by atoms with Gasteiger partial charge in [0.1, 0.15) is 5.69 Å². The van der Waals surface area contributed by atoms with Gasteiger partial charge in [-0.3, -0.25) is 4.79 Å². The number of rotatable bonds is 3. The maximum Gasteiger partial charge on any atom is 0.490 e. The lowest BCUT2D eigenvalue weighted by Gasteiger charge is -2.23. The van der Waals surface area contributed by atoms with Crippen LogP contribution in [0.5, 0.6) is 0 Å². The topological polar surface area (TPSA) is 131 Å². The first kappa shape index (κ1) is 23.1. The molecule has 2 unspecified atom stereocenters. The molecule has 3 N–H and O–H groups in total. The van der Waals surface area contributed by atoms with Crippen LogP contribution in [0.15, 0.2) is 36.8 Å². The number of carbonyl (C=O) groups is 2. The summed E-state index contributed by atoms with van der Waals surface area (Å²) in [6.45, 7) is 1.89. The predicted molar refractivity (Wildman–Crippen MR) is 105 cm³/mol. The van der Waals surface area contributed by atoms with Crippen molar-refractivity contribution >= 4 is 17.6 Å². The van der Waals surface area contributed by atoms with E-state index in [1.165, 1.54) is 6.33 Å². The molecule has 2 aliphatic heterocycles. The van der Waals surface area contributed by atoms with Crippen molar-refractivity contribution in [2.24, 2.45) is 0 Å². The Morgan fingerprint density at radius 2 is 2.16 bits per heavy atom. The average molecular weight is 451 g/mol. The molecule has 2 saturated heterocycles. The van der Waals surface area contributed by atoms with E-state index in [1.54, 1.807) is 12.3 Å². The zero-order valence-electron chi connectivity index (χ0n) is 16.7. The normalized spacial score (nSPS) is 22.2. The Bertz CT molecular complexity index is 1010. The van der Waals surface area contributed by atoms with Crippen molar-refractivity contribution in [2.45, 2.75) is 30.7 Å². The van der Waals surface area contributed by atoms with Crippen molar-refractivity contribution < 1.29 is 32.6 Å². The molecular formula is C20H20F3N5O4. The molecule has 0 saturated carbocycles. The molecule has 1 amide bonds. The third-order valence-corrected chi connectivity index (χ3v) is 5.15. The first-order valence-electron chi connectivity index (χ1n) is 9.60. The molecule has 3 heterocycles. The average Bonchev–Trinajstić information content (AvgIpc) is 3.50. The van der Waals surface area contributed by atoms with E-state index in [0.717, 1.165) is 18.5 Å². The van der Waals surface area contributed by atoms with Gasteiger partial charge in [0.05, 0.1) is 49.0 Å². The Labute approximate surface area is 180 Å². The van der Waals surface area contributed by atoms with Crippen LogP contribution in [0.25, 0.3) is 0 Å². The quantitative estimate of drug-likeness (QED) is 0.653. The number of alkyl halides is 3. The maximum atomic E-state index is 12.4.